The molecule has 2 heterocycles. The number of nitrogens with one attached hydrogen (secondary N) is 2. The van der Waals surface area contributed by atoms with E-state index in [1.165, 1.54) is 11.8 Å². The molecule has 2 N–H and O–H groups in total. The van der Waals surface area contributed by atoms with E-state index in [0.29, 0.717) is 27.3 Å². The summed E-state index contributed by atoms with van der Waals surface area (Å²) in [6.45, 7) is 4.00. The molecule has 7 heteroatoms. The molecule has 29 heavy (non-hydrogen) atoms. The average Bonchev–Trinajstić information content (AvgIpc) is 2.67. The van der Waals surface area contributed by atoms with Crippen molar-refractivity contribution in [2.24, 2.45) is 0 Å². The van der Waals surface area contributed by atoms with Crippen LogP contribution in [-0.2, 0) is 10.5 Å². The van der Waals surface area contributed by atoms with Crippen LogP contribution >= 0.6 is 23.4 Å². The minimum absolute atomic E-state index is 0.132. The van der Waals surface area contributed by atoms with E-state index in [1.54, 1.807) is 0 Å². The number of aryl methyl sites for hydroxylation is 2. The Kier molecular flexibility index (Phi) is 5.48. The number of H-pyrrole nitrogens is 1. The van der Waals surface area contributed by atoms with Crippen LogP contribution in [0.25, 0.3) is 0 Å². The van der Waals surface area contributed by atoms with E-state index in [4.69, 9.17) is 11.6 Å². The molecule has 0 bridgehead atoms. The second-order valence-electron chi connectivity index (χ2n) is 7.22. The number of anilines is 1. The Labute approximate surface area is 177 Å². The van der Waals surface area contributed by atoms with Gasteiger partial charge in [-0.2, -0.15) is 0 Å². The van der Waals surface area contributed by atoms with E-state index in [9.17, 15) is 9.59 Å². The second-order valence-corrected chi connectivity index (χ2v) is 8.62. The zero-order valence-corrected chi connectivity index (χ0v) is 17.7. The van der Waals surface area contributed by atoms with Crippen LogP contribution in [0.15, 0.2) is 52.4 Å². The number of hydrogen-bond acceptors (Lipinski definition) is 4. The summed E-state index contributed by atoms with van der Waals surface area (Å²) in [4.78, 5) is 32.7. The summed E-state index contributed by atoms with van der Waals surface area (Å²) >= 11 is 7.43. The maximum Gasteiger partial charge on any atom is 0.257 e. The zero-order chi connectivity index (χ0) is 20.5. The van der Waals surface area contributed by atoms with E-state index in [-0.39, 0.29) is 23.8 Å². The Morgan fingerprint density at radius 3 is 2.79 bits per heavy atom. The standard InChI is InChI=1S/C22H20ClN3O2S/c1-12-6-7-13(2)16(8-12)17-10-18(27)24-20-19(17)21(28)26-22(25-20)29-11-14-4-3-5-15(23)9-14/h3-9,17H,10-11H2,1-2H3,(H2,24,25,26,27,28)/t17-/m0/s1. The number of aromatic nitrogens is 2. The predicted octanol–water partition coefficient (Wildman–Crippen LogP) is 4.81. The molecule has 0 saturated heterocycles. The third-order valence-corrected chi connectivity index (χ3v) is 6.18. The third-order valence-electron chi connectivity index (χ3n) is 5.00. The van der Waals surface area contributed by atoms with Gasteiger partial charge in [0.15, 0.2) is 5.16 Å². The van der Waals surface area contributed by atoms with Crippen molar-refractivity contribution >= 4 is 35.1 Å². The quantitative estimate of drug-likeness (QED) is 0.464. The molecular weight excluding hydrogens is 406 g/mol. The molecule has 0 aliphatic carbocycles. The highest BCUT2D eigenvalue weighted by Gasteiger charge is 2.31. The third kappa shape index (κ3) is 4.23. The van der Waals surface area contributed by atoms with Crippen molar-refractivity contribution in [1.82, 2.24) is 9.97 Å². The number of benzene rings is 2. The van der Waals surface area contributed by atoms with E-state index < -0.39 is 0 Å². The van der Waals surface area contributed by atoms with Gasteiger partial charge in [-0.05, 0) is 42.7 Å². The maximum atomic E-state index is 13.0. The lowest BCUT2D eigenvalue weighted by molar-refractivity contribution is -0.116. The van der Waals surface area contributed by atoms with Gasteiger partial charge >= 0.3 is 0 Å². The Hall–Kier alpha value is -2.57. The van der Waals surface area contributed by atoms with Gasteiger partial charge in [-0.15, -0.1) is 0 Å². The van der Waals surface area contributed by atoms with E-state index in [1.807, 2.05) is 56.3 Å². The highest BCUT2D eigenvalue weighted by molar-refractivity contribution is 7.98. The number of fused-ring (bicyclic) bond motifs is 1. The number of carbonyl (C=O) groups excluding carboxylic acids is 1. The summed E-state index contributed by atoms with van der Waals surface area (Å²) < 4.78 is 0. The molecule has 148 valence electrons. The fraction of sp³-hybridized carbons (Fsp3) is 0.227. The van der Waals surface area contributed by atoms with Crippen molar-refractivity contribution in [3.05, 3.63) is 85.7 Å². The number of rotatable bonds is 4. The number of carbonyl (C=O) groups is 1. The Morgan fingerprint density at radius 2 is 2.00 bits per heavy atom. The lowest BCUT2D eigenvalue weighted by Crippen LogP contribution is -2.31. The number of amides is 1. The molecule has 1 aliphatic rings. The van der Waals surface area contributed by atoms with Crippen molar-refractivity contribution in [3.8, 4) is 0 Å². The van der Waals surface area contributed by atoms with Gasteiger partial charge in [0.1, 0.15) is 5.82 Å². The second kappa shape index (κ2) is 8.05. The predicted molar refractivity (Wildman–Crippen MR) is 117 cm³/mol. The normalized spacial score (nSPS) is 15.7. The SMILES string of the molecule is Cc1ccc(C)c([C@@H]2CC(=O)Nc3nc(SCc4cccc(Cl)c4)[nH]c(=O)c32)c1. The maximum absolute atomic E-state index is 13.0. The summed E-state index contributed by atoms with van der Waals surface area (Å²) in [5, 5.41) is 3.91. The van der Waals surface area contributed by atoms with Gasteiger partial charge in [0.25, 0.3) is 5.56 Å². The molecule has 3 aromatic rings. The summed E-state index contributed by atoms with van der Waals surface area (Å²) in [5.41, 5.74) is 4.48. The van der Waals surface area contributed by atoms with Crippen LogP contribution in [0, 0.1) is 13.8 Å². The Morgan fingerprint density at radius 1 is 1.17 bits per heavy atom. The minimum Gasteiger partial charge on any atom is -0.310 e. The van der Waals surface area contributed by atoms with Crippen LogP contribution in [0.3, 0.4) is 0 Å². The van der Waals surface area contributed by atoms with Gasteiger partial charge in [-0.1, -0.05) is 59.3 Å². The lowest BCUT2D eigenvalue weighted by Gasteiger charge is -2.26. The molecule has 0 fully saturated rings. The molecule has 4 rings (SSSR count). The van der Waals surface area contributed by atoms with Crippen LogP contribution in [0.2, 0.25) is 5.02 Å². The fourth-order valence-corrected chi connectivity index (χ4v) is 4.61. The van der Waals surface area contributed by atoms with Crippen LogP contribution in [0.1, 0.15) is 40.2 Å². The molecule has 5 nitrogen and oxygen atoms in total. The van der Waals surface area contributed by atoms with E-state index in [2.05, 4.69) is 15.3 Å². The molecule has 1 amide bonds. The molecule has 0 unspecified atom stereocenters. The van der Waals surface area contributed by atoms with Crippen molar-refractivity contribution in [2.45, 2.75) is 37.1 Å². The Balaban J connectivity index is 1.69. The minimum atomic E-state index is -0.304. The highest BCUT2D eigenvalue weighted by Crippen LogP contribution is 2.36. The molecule has 1 atom stereocenters. The Bertz CT molecular complexity index is 1160. The largest absolute Gasteiger partial charge is 0.310 e. The number of nitrogens with zero attached hydrogens (tertiary/aromatic N) is 1. The van der Waals surface area contributed by atoms with Gasteiger partial charge in [-0.25, -0.2) is 4.98 Å². The molecule has 0 spiro atoms. The number of thioether (sulfide) groups is 1. The van der Waals surface area contributed by atoms with Crippen molar-refractivity contribution < 1.29 is 4.79 Å². The summed E-state index contributed by atoms with van der Waals surface area (Å²) in [5.74, 6) is 0.523. The molecule has 0 radical (unpaired) electrons. The van der Waals surface area contributed by atoms with Gasteiger partial charge in [0.05, 0.1) is 5.56 Å². The van der Waals surface area contributed by atoms with Crippen LogP contribution < -0.4 is 10.9 Å². The van der Waals surface area contributed by atoms with Gasteiger partial charge < -0.3 is 10.3 Å². The molecular formula is C22H20ClN3O2S. The smallest absolute Gasteiger partial charge is 0.257 e. The molecule has 2 aromatic carbocycles. The van der Waals surface area contributed by atoms with Crippen molar-refractivity contribution in [3.63, 3.8) is 0 Å². The first-order valence-electron chi connectivity index (χ1n) is 9.29. The topological polar surface area (TPSA) is 74.8 Å². The summed E-state index contributed by atoms with van der Waals surface area (Å²) in [6.07, 6.45) is 0.233. The van der Waals surface area contributed by atoms with Gasteiger partial charge in [0, 0.05) is 23.1 Å². The monoisotopic (exact) mass is 425 g/mol. The van der Waals surface area contributed by atoms with Crippen LogP contribution in [0.5, 0.6) is 0 Å². The number of halogens is 1. The van der Waals surface area contributed by atoms with Crippen LogP contribution in [0.4, 0.5) is 5.82 Å². The van der Waals surface area contributed by atoms with E-state index in [0.717, 1.165) is 22.3 Å². The van der Waals surface area contributed by atoms with Gasteiger partial charge in [-0.3, -0.25) is 9.59 Å². The number of hydrogen-bond donors (Lipinski definition) is 2. The summed E-state index contributed by atoms with van der Waals surface area (Å²) in [6, 6.07) is 13.6. The first-order valence-corrected chi connectivity index (χ1v) is 10.7. The van der Waals surface area contributed by atoms with Crippen molar-refractivity contribution in [2.75, 3.05) is 5.32 Å². The van der Waals surface area contributed by atoms with Crippen molar-refractivity contribution in [1.29, 1.82) is 0 Å². The molecule has 1 aliphatic heterocycles. The van der Waals surface area contributed by atoms with E-state index >= 15 is 0 Å². The first-order chi connectivity index (χ1) is 13.9. The lowest BCUT2D eigenvalue weighted by atomic mass is 9.84. The summed E-state index contributed by atoms with van der Waals surface area (Å²) in [7, 11) is 0. The molecule has 0 saturated carbocycles. The number of aromatic amines is 1. The fourth-order valence-electron chi connectivity index (χ4n) is 3.60. The van der Waals surface area contributed by atoms with Crippen LogP contribution in [-0.4, -0.2) is 15.9 Å². The zero-order valence-electron chi connectivity index (χ0n) is 16.1. The first kappa shape index (κ1) is 19.7. The van der Waals surface area contributed by atoms with Gasteiger partial charge in [0.2, 0.25) is 5.91 Å². The highest BCUT2D eigenvalue weighted by atomic mass is 35.5. The molecule has 1 aromatic heterocycles. The average molecular weight is 426 g/mol.